The van der Waals surface area contributed by atoms with Gasteiger partial charge < -0.3 is 9.64 Å². The van der Waals surface area contributed by atoms with Crippen molar-refractivity contribution in [3.63, 3.8) is 0 Å². The molecule has 2 saturated heterocycles. The number of methoxy groups -OCH3 is 1. The smallest absolute Gasteiger partial charge is 0.236 e. The first-order valence-electron chi connectivity index (χ1n) is 10.3. The normalized spacial score (nSPS) is 20.3. The summed E-state index contributed by atoms with van der Waals surface area (Å²) in [4.78, 5) is 21.8. The van der Waals surface area contributed by atoms with Gasteiger partial charge in [0, 0.05) is 36.8 Å². The van der Waals surface area contributed by atoms with E-state index in [1.165, 1.54) is 0 Å². The van der Waals surface area contributed by atoms with Crippen molar-refractivity contribution in [2.45, 2.75) is 31.6 Å². The van der Waals surface area contributed by atoms with Gasteiger partial charge in [-0.25, -0.2) is 0 Å². The van der Waals surface area contributed by atoms with Crippen molar-refractivity contribution in [2.75, 3.05) is 39.8 Å². The molecule has 0 radical (unpaired) electrons. The van der Waals surface area contributed by atoms with Gasteiger partial charge in [0.25, 0.3) is 0 Å². The first-order chi connectivity index (χ1) is 13.7. The predicted molar refractivity (Wildman–Crippen MR) is 110 cm³/mol. The number of carbonyl (C=O) groups is 1. The third kappa shape index (κ3) is 4.36. The standard InChI is InChI=1S/C23H29N3O2/c1-28-20-11-9-18(10-12-20)21-7-4-8-22(24-21)19-6-5-13-25(16-19)17-23(27)26-14-2-3-15-26/h4,7-12,19H,2-3,5-6,13-17H2,1H3. The molecule has 3 heterocycles. The maximum Gasteiger partial charge on any atom is 0.236 e. The minimum Gasteiger partial charge on any atom is -0.497 e. The molecule has 1 atom stereocenters. The molecule has 2 fully saturated rings. The molecule has 0 spiro atoms. The molecule has 0 saturated carbocycles. The number of nitrogens with zero attached hydrogens (tertiary/aromatic N) is 3. The van der Waals surface area contributed by atoms with Crippen LogP contribution < -0.4 is 4.74 Å². The Balaban J connectivity index is 1.43. The lowest BCUT2D eigenvalue weighted by Gasteiger charge is -2.33. The van der Waals surface area contributed by atoms with Gasteiger partial charge in [-0.15, -0.1) is 0 Å². The highest BCUT2D eigenvalue weighted by Gasteiger charge is 2.26. The van der Waals surface area contributed by atoms with Crippen LogP contribution in [-0.2, 0) is 4.79 Å². The molecule has 1 aromatic heterocycles. The molecule has 5 heteroatoms. The van der Waals surface area contributed by atoms with Gasteiger partial charge in [0.05, 0.1) is 19.3 Å². The summed E-state index contributed by atoms with van der Waals surface area (Å²) in [6, 6.07) is 14.3. The Kier molecular flexibility index (Phi) is 5.91. The fourth-order valence-electron chi connectivity index (χ4n) is 4.30. The van der Waals surface area contributed by atoms with Gasteiger partial charge in [-0.05, 0) is 68.6 Å². The molecule has 2 aliphatic heterocycles. The van der Waals surface area contributed by atoms with E-state index in [4.69, 9.17) is 9.72 Å². The average molecular weight is 380 g/mol. The van der Waals surface area contributed by atoms with E-state index in [1.54, 1.807) is 7.11 Å². The second kappa shape index (κ2) is 8.74. The first kappa shape index (κ1) is 18.9. The van der Waals surface area contributed by atoms with Gasteiger partial charge in [0.15, 0.2) is 0 Å². The predicted octanol–water partition coefficient (Wildman–Crippen LogP) is 3.56. The maximum atomic E-state index is 12.5. The van der Waals surface area contributed by atoms with Crippen LogP contribution >= 0.6 is 0 Å². The van der Waals surface area contributed by atoms with Crippen LogP contribution in [0.1, 0.15) is 37.3 Å². The summed E-state index contributed by atoms with van der Waals surface area (Å²) in [5, 5.41) is 0. The van der Waals surface area contributed by atoms with Crippen LogP contribution in [0.2, 0.25) is 0 Å². The van der Waals surface area contributed by atoms with Crippen molar-refractivity contribution < 1.29 is 9.53 Å². The number of rotatable bonds is 5. The zero-order valence-corrected chi connectivity index (χ0v) is 16.6. The summed E-state index contributed by atoms with van der Waals surface area (Å²) in [6.07, 6.45) is 4.55. The number of benzene rings is 1. The third-order valence-corrected chi connectivity index (χ3v) is 5.90. The molecule has 1 unspecified atom stereocenters. The highest BCUT2D eigenvalue weighted by atomic mass is 16.5. The Bertz CT molecular complexity index is 800. The summed E-state index contributed by atoms with van der Waals surface area (Å²) in [6.45, 7) is 4.34. The van der Waals surface area contributed by atoms with Crippen LogP contribution in [0.3, 0.4) is 0 Å². The van der Waals surface area contributed by atoms with Gasteiger partial charge in [0.2, 0.25) is 5.91 Å². The number of hydrogen-bond acceptors (Lipinski definition) is 4. The highest BCUT2D eigenvalue weighted by Crippen LogP contribution is 2.28. The third-order valence-electron chi connectivity index (χ3n) is 5.90. The molecule has 4 rings (SSSR count). The van der Waals surface area contributed by atoms with Crippen molar-refractivity contribution in [3.8, 4) is 17.0 Å². The minimum absolute atomic E-state index is 0.290. The fourth-order valence-corrected chi connectivity index (χ4v) is 4.30. The van der Waals surface area contributed by atoms with Crippen molar-refractivity contribution in [1.29, 1.82) is 0 Å². The quantitative estimate of drug-likeness (QED) is 0.797. The number of piperidine rings is 1. The molecule has 0 bridgehead atoms. The van der Waals surface area contributed by atoms with Gasteiger partial charge in [-0.2, -0.15) is 0 Å². The van der Waals surface area contributed by atoms with Crippen molar-refractivity contribution >= 4 is 5.91 Å². The first-order valence-corrected chi connectivity index (χ1v) is 10.3. The van der Waals surface area contributed by atoms with E-state index in [-0.39, 0.29) is 5.91 Å². The van der Waals surface area contributed by atoms with Crippen LogP contribution in [-0.4, -0.2) is 60.5 Å². The van der Waals surface area contributed by atoms with E-state index in [2.05, 4.69) is 23.1 Å². The maximum absolute atomic E-state index is 12.5. The zero-order chi connectivity index (χ0) is 19.3. The molecule has 148 valence electrons. The summed E-state index contributed by atoms with van der Waals surface area (Å²) in [5.74, 6) is 1.53. The van der Waals surface area contributed by atoms with Crippen molar-refractivity contribution in [3.05, 3.63) is 48.2 Å². The Labute approximate surface area is 167 Å². The molecule has 2 aromatic rings. The molecule has 28 heavy (non-hydrogen) atoms. The van der Waals surface area contributed by atoms with Crippen LogP contribution in [0.15, 0.2) is 42.5 Å². The van der Waals surface area contributed by atoms with Crippen molar-refractivity contribution in [1.82, 2.24) is 14.8 Å². The monoisotopic (exact) mass is 379 g/mol. The Hall–Kier alpha value is -2.40. The number of likely N-dealkylation sites (tertiary alicyclic amines) is 2. The number of carbonyl (C=O) groups excluding carboxylic acids is 1. The number of aromatic nitrogens is 1. The van der Waals surface area contributed by atoms with Gasteiger partial charge in [-0.3, -0.25) is 14.7 Å². The van der Waals surface area contributed by atoms with Crippen molar-refractivity contribution in [2.24, 2.45) is 0 Å². The lowest BCUT2D eigenvalue weighted by molar-refractivity contribution is -0.131. The van der Waals surface area contributed by atoms with Gasteiger partial charge in [0.1, 0.15) is 5.75 Å². The molecule has 5 nitrogen and oxygen atoms in total. The highest BCUT2D eigenvalue weighted by molar-refractivity contribution is 5.78. The molecule has 0 aliphatic carbocycles. The summed E-state index contributed by atoms with van der Waals surface area (Å²) in [5.41, 5.74) is 3.22. The molecule has 2 aliphatic rings. The Morgan fingerprint density at radius 3 is 2.61 bits per heavy atom. The van der Waals surface area contributed by atoms with E-state index >= 15 is 0 Å². The molecular formula is C23H29N3O2. The van der Waals surface area contributed by atoms with E-state index < -0.39 is 0 Å². The molecule has 1 amide bonds. The number of pyridine rings is 1. The number of hydrogen-bond donors (Lipinski definition) is 0. The van der Waals surface area contributed by atoms with E-state index in [1.807, 2.05) is 29.2 Å². The van der Waals surface area contributed by atoms with Gasteiger partial charge >= 0.3 is 0 Å². The summed E-state index contributed by atoms with van der Waals surface area (Å²) in [7, 11) is 1.68. The van der Waals surface area contributed by atoms with Crippen LogP contribution in [0.5, 0.6) is 5.75 Å². The largest absolute Gasteiger partial charge is 0.497 e. The second-order valence-electron chi connectivity index (χ2n) is 7.84. The van der Waals surface area contributed by atoms with E-state index in [9.17, 15) is 4.79 Å². The SMILES string of the molecule is COc1ccc(-c2cccc(C3CCCN(CC(=O)N4CCCC4)C3)n2)cc1. The summed E-state index contributed by atoms with van der Waals surface area (Å²) >= 11 is 0. The van der Waals surface area contributed by atoms with E-state index in [0.29, 0.717) is 12.5 Å². The lowest BCUT2D eigenvalue weighted by Crippen LogP contribution is -2.43. The molecule has 1 aromatic carbocycles. The van der Waals surface area contributed by atoms with E-state index in [0.717, 1.165) is 74.6 Å². The molecular weight excluding hydrogens is 350 g/mol. The fraction of sp³-hybridized carbons (Fsp3) is 0.478. The van der Waals surface area contributed by atoms with Crippen LogP contribution in [0, 0.1) is 0 Å². The minimum atomic E-state index is 0.290. The second-order valence-corrected chi connectivity index (χ2v) is 7.84. The van der Waals surface area contributed by atoms with Gasteiger partial charge in [-0.1, -0.05) is 6.07 Å². The molecule has 0 N–H and O–H groups in total. The van der Waals surface area contributed by atoms with Crippen LogP contribution in [0.4, 0.5) is 0 Å². The average Bonchev–Trinajstić information content (AvgIpc) is 3.29. The lowest BCUT2D eigenvalue weighted by atomic mass is 9.93. The topological polar surface area (TPSA) is 45.7 Å². The Morgan fingerprint density at radius 1 is 1.07 bits per heavy atom. The number of amides is 1. The van der Waals surface area contributed by atoms with Crippen LogP contribution in [0.25, 0.3) is 11.3 Å². The zero-order valence-electron chi connectivity index (χ0n) is 16.6. The Morgan fingerprint density at radius 2 is 1.86 bits per heavy atom. The number of ether oxygens (including phenoxy) is 1. The summed E-state index contributed by atoms with van der Waals surface area (Å²) < 4.78 is 5.25.